The molecule has 1 aromatic heterocycles. The highest BCUT2D eigenvalue weighted by atomic mass is 16.5. The van der Waals surface area contributed by atoms with E-state index < -0.39 is 0 Å². The summed E-state index contributed by atoms with van der Waals surface area (Å²) >= 11 is 0. The van der Waals surface area contributed by atoms with Crippen LogP contribution in [0.4, 0.5) is 5.69 Å². The van der Waals surface area contributed by atoms with Crippen LogP contribution >= 0.6 is 0 Å². The Labute approximate surface area is 112 Å². The second-order valence-corrected chi connectivity index (χ2v) is 4.47. The largest absolute Gasteiger partial charge is 0.508 e. The van der Waals surface area contributed by atoms with Gasteiger partial charge >= 0.3 is 0 Å². The molecule has 0 aliphatic carbocycles. The van der Waals surface area contributed by atoms with Crippen LogP contribution in [0.2, 0.25) is 0 Å². The molecule has 0 spiro atoms. The van der Waals surface area contributed by atoms with Crippen LogP contribution in [-0.4, -0.2) is 28.6 Å². The first-order chi connectivity index (χ1) is 9.19. The lowest BCUT2D eigenvalue weighted by molar-refractivity contribution is 0.183. The van der Waals surface area contributed by atoms with Gasteiger partial charge in [-0.1, -0.05) is 17.7 Å². The summed E-state index contributed by atoms with van der Waals surface area (Å²) in [6.45, 7) is 3.95. The maximum absolute atomic E-state index is 9.76. The number of hydrogen-bond acceptors (Lipinski definition) is 4. The number of aromatic nitrogens is 2. The van der Waals surface area contributed by atoms with E-state index in [1.165, 1.54) is 0 Å². The Morgan fingerprint density at radius 1 is 1.42 bits per heavy atom. The molecule has 5 nitrogen and oxygen atoms in total. The van der Waals surface area contributed by atoms with Crippen molar-refractivity contribution in [1.82, 2.24) is 9.78 Å². The lowest BCUT2D eigenvalue weighted by Crippen LogP contribution is -2.04. The van der Waals surface area contributed by atoms with Gasteiger partial charge in [0.1, 0.15) is 5.75 Å². The van der Waals surface area contributed by atoms with Crippen molar-refractivity contribution < 1.29 is 9.84 Å². The highest BCUT2D eigenvalue weighted by molar-refractivity contribution is 5.42. The smallest absolute Gasteiger partial charge is 0.120 e. The van der Waals surface area contributed by atoms with Crippen LogP contribution < -0.4 is 5.32 Å². The monoisotopic (exact) mass is 261 g/mol. The van der Waals surface area contributed by atoms with E-state index in [4.69, 9.17) is 4.74 Å². The molecular weight excluding hydrogens is 242 g/mol. The summed E-state index contributed by atoms with van der Waals surface area (Å²) in [6.07, 6.45) is 3.69. The minimum Gasteiger partial charge on any atom is -0.508 e. The van der Waals surface area contributed by atoms with Gasteiger partial charge < -0.3 is 15.2 Å². The van der Waals surface area contributed by atoms with Crippen molar-refractivity contribution in [3.05, 3.63) is 41.7 Å². The molecule has 2 rings (SSSR count). The molecule has 0 aliphatic rings. The molecule has 0 fully saturated rings. The summed E-state index contributed by atoms with van der Waals surface area (Å²) in [5.41, 5.74) is 2.94. The van der Waals surface area contributed by atoms with E-state index in [9.17, 15) is 5.11 Å². The Hall–Kier alpha value is -2.01. The fourth-order valence-electron chi connectivity index (χ4n) is 1.82. The van der Waals surface area contributed by atoms with Crippen molar-refractivity contribution in [1.29, 1.82) is 0 Å². The molecule has 1 heterocycles. The zero-order chi connectivity index (χ0) is 13.7. The molecule has 0 atom stereocenters. The van der Waals surface area contributed by atoms with Gasteiger partial charge in [0.15, 0.2) is 0 Å². The molecule has 102 valence electrons. The fourth-order valence-corrected chi connectivity index (χ4v) is 1.82. The number of anilines is 1. The van der Waals surface area contributed by atoms with Gasteiger partial charge in [0.25, 0.3) is 0 Å². The van der Waals surface area contributed by atoms with Crippen molar-refractivity contribution in [3.8, 4) is 5.75 Å². The predicted molar refractivity (Wildman–Crippen MR) is 74.3 cm³/mol. The van der Waals surface area contributed by atoms with E-state index in [-0.39, 0.29) is 0 Å². The van der Waals surface area contributed by atoms with Crippen LogP contribution in [0.5, 0.6) is 5.75 Å². The predicted octanol–water partition coefficient (Wildman–Crippen LogP) is 2.16. The Kier molecular flexibility index (Phi) is 4.41. The number of nitrogens with one attached hydrogen (secondary N) is 1. The van der Waals surface area contributed by atoms with Gasteiger partial charge in [0.2, 0.25) is 0 Å². The number of methoxy groups -OCH3 is 1. The van der Waals surface area contributed by atoms with Gasteiger partial charge in [0.05, 0.1) is 25.0 Å². The lowest BCUT2D eigenvalue weighted by Gasteiger charge is -2.07. The molecule has 0 saturated heterocycles. The van der Waals surface area contributed by atoms with Crippen molar-refractivity contribution in [2.45, 2.75) is 20.0 Å². The minimum atomic E-state index is 0.310. The molecule has 0 bridgehead atoms. The summed E-state index contributed by atoms with van der Waals surface area (Å²) in [4.78, 5) is 0. The Balaban J connectivity index is 1.94. The average Bonchev–Trinajstić information content (AvgIpc) is 2.85. The maximum Gasteiger partial charge on any atom is 0.120 e. The number of phenols is 1. The van der Waals surface area contributed by atoms with E-state index in [1.54, 1.807) is 19.4 Å². The summed E-state index contributed by atoms with van der Waals surface area (Å²) in [6, 6.07) is 5.58. The third-order valence-electron chi connectivity index (χ3n) is 2.88. The quantitative estimate of drug-likeness (QED) is 0.836. The van der Waals surface area contributed by atoms with Crippen LogP contribution in [-0.2, 0) is 17.8 Å². The van der Waals surface area contributed by atoms with Crippen molar-refractivity contribution >= 4 is 5.69 Å². The molecule has 19 heavy (non-hydrogen) atoms. The van der Waals surface area contributed by atoms with Crippen molar-refractivity contribution in [3.63, 3.8) is 0 Å². The highest BCUT2D eigenvalue weighted by Crippen LogP contribution is 2.19. The number of aryl methyl sites for hydroxylation is 1. The fraction of sp³-hybridized carbons (Fsp3) is 0.357. The number of nitrogens with zero attached hydrogens (tertiary/aromatic N) is 2. The first-order valence-corrected chi connectivity index (χ1v) is 6.23. The lowest BCUT2D eigenvalue weighted by atomic mass is 10.1. The summed E-state index contributed by atoms with van der Waals surface area (Å²) in [5.74, 6) is 0.310. The molecule has 0 amide bonds. The summed E-state index contributed by atoms with van der Waals surface area (Å²) in [7, 11) is 1.67. The van der Waals surface area contributed by atoms with Gasteiger partial charge in [-0.25, -0.2) is 0 Å². The van der Waals surface area contributed by atoms with Crippen LogP contribution in [0.1, 0.15) is 11.1 Å². The number of hydrogen-bond donors (Lipinski definition) is 2. The number of aromatic hydroxyl groups is 1. The van der Waals surface area contributed by atoms with Crippen LogP contribution in [0.3, 0.4) is 0 Å². The van der Waals surface area contributed by atoms with E-state index in [0.29, 0.717) is 18.9 Å². The number of rotatable bonds is 6. The van der Waals surface area contributed by atoms with Gasteiger partial charge in [0, 0.05) is 25.4 Å². The van der Waals surface area contributed by atoms with Crippen LogP contribution in [0.25, 0.3) is 0 Å². The summed E-state index contributed by atoms with van der Waals surface area (Å²) in [5, 5.41) is 17.2. The SMILES string of the molecule is COCCn1cc(NCc2cc(C)ccc2O)cn1. The number of ether oxygens (including phenoxy) is 1. The molecule has 0 radical (unpaired) electrons. The highest BCUT2D eigenvalue weighted by Gasteiger charge is 2.03. The minimum absolute atomic E-state index is 0.310. The van der Waals surface area contributed by atoms with E-state index in [0.717, 1.165) is 23.4 Å². The number of benzene rings is 1. The molecule has 0 aliphatic heterocycles. The Morgan fingerprint density at radius 3 is 3.05 bits per heavy atom. The van der Waals surface area contributed by atoms with E-state index in [2.05, 4.69) is 10.4 Å². The first-order valence-electron chi connectivity index (χ1n) is 6.23. The van der Waals surface area contributed by atoms with Gasteiger partial charge in [-0.3, -0.25) is 4.68 Å². The Bertz CT molecular complexity index is 537. The van der Waals surface area contributed by atoms with Crippen LogP contribution in [0, 0.1) is 6.92 Å². The number of phenolic OH excluding ortho intramolecular Hbond substituents is 1. The zero-order valence-electron chi connectivity index (χ0n) is 11.3. The third kappa shape index (κ3) is 3.72. The zero-order valence-corrected chi connectivity index (χ0v) is 11.3. The maximum atomic E-state index is 9.76. The molecule has 2 N–H and O–H groups in total. The molecular formula is C14H19N3O2. The average molecular weight is 261 g/mol. The second-order valence-electron chi connectivity index (χ2n) is 4.47. The van der Waals surface area contributed by atoms with Gasteiger partial charge in [-0.2, -0.15) is 5.10 Å². The molecule has 0 saturated carbocycles. The summed E-state index contributed by atoms with van der Waals surface area (Å²) < 4.78 is 6.82. The van der Waals surface area contributed by atoms with Crippen molar-refractivity contribution in [2.75, 3.05) is 19.0 Å². The van der Waals surface area contributed by atoms with Gasteiger partial charge in [-0.15, -0.1) is 0 Å². The standard InChI is InChI=1S/C14H19N3O2/c1-11-3-4-14(18)12(7-11)8-15-13-9-16-17(10-13)5-6-19-2/h3-4,7,9-10,15,18H,5-6,8H2,1-2H3. The van der Waals surface area contributed by atoms with Gasteiger partial charge in [-0.05, 0) is 13.0 Å². The second kappa shape index (κ2) is 6.24. The molecule has 2 aromatic rings. The normalized spacial score (nSPS) is 10.6. The topological polar surface area (TPSA) is 59.3 Å². The Morgan fingerprint density at radius 2 is 2.26 bits per heavy atom. The van der Waals surface area contributed by atoms with Crippen LogP contribution in [0.15, 0.2) is 30.6 Å². The van der Waals surface area contributed by atoms with E-state index >= 15 is 0 Å². The third-order valence-corrected chi connectivity index (χ3v) is 2.88. The molecule has 5 heteroatoms. The molecule has 1 aromatic carbocycles. The van der Waals surface area contributed by atoms with E-state index in [1.807, 2.05) is 29.9 Å². The first kappa shape index (κ1) is 13.4. The van der Waals surface area contributed by atoms with Crippen molar-refractivity contribution in [2.24, 2.45) is 0 Å². The molecule has 0 unspecified atom stereocenters.